The molecule has 41 heavy (non-hydrogen) atoms. The Balaban J connectivity index is 0.000000204. The van der Waals surface area contributed by atoms with Gasteiger partial charge in [0, 0.05) is 43.4 Å². The van der Waals surface area contributed by atoms with Crippen molar-refractivity contribution < 1.29 is 34.4 Å². The number of aromatic nitrogens is 2. The molecule has 0 amide bonds. The van der Waals surface area contributed by atoms with Crippen LogP contribution in [-0.4, -0.2) is 18.0 Å². The largest absolute Gasteiger partial charge is 0.500 e. The Morgan fingerprint density at radius 1 is 0.976 bits per heavy atom. The molecule has 0 saturated carbocycles. The van der Waals surface area contributed by atoms with Crippen molar-refractivity contribution in [2.24, 2.45) is 0 Å². The summed E-state index contributed by atoms with van der Waals surface area (Å²) in [5.74, 6) is -1.04. The minimum atomic E-state index is -2.08. The van der Waals surface area contributed by atoms with E-state index in [-0.39, 0.29) is 25.9 Å². The molecule has 3 heterocycles. The van der Waals surface area contributed by atoms with Crippen LogP contribution < -0.4 is 5.19 Å². The zero-order chi connectivity index (χ0) is 31.9. The van der Waals surface area contributed by atoms with Crippen molar-refractivity contribution in [2.45, 2.75) is 46.2 Å². The zero-order valence-electron chi connectivity index (χ0n) is 27.6. The molecule has 3 aromatic carbocycles. The number of hydrogen-bond acceptors (Lipinski definition) is 3. The van der Waals surface area contributed by atoms with Crippen LogP contribution in [0.3, 0.4) is 0 Å². The smallest absolute Gasteiger partial charge is 0.133 e. The van der Waals surface area contributed by atoms with Gasteiger partial charge in [0.05, 0.1) is 13.7 Å². The first-order valence-corrected chi connectivity index (χ1v) is 16.6. The first-order chi connectivity index (χ1) is 20.6. The summed E-state index contributed by atoms with van der Waals surface area (Å²) in [6.07, 6.45) is 3.60. The zero-order valence-corrected chi connectivity index (χ0v) is 27.0. The van der Waals surface area contributed by atoms with Gasteiger partial charge in [-0.3, -0.25) is 0 Å². The van der Waals surface area contributed by atoms with Crippen LogP contribution in [0.25, 0.3) is 44.5 Å². The van der Waals surface area contributed by atoms with Crippen LogP contribution >= 0.6 is 0 Å². The van der Waals surface area contributed by atoms with Gasteiger partial charge in [0.15, 0.2) is 0 Å². The van der Waals surface area contributed by atoms with E-state index in [1.54, 1.807) is 42.6 Å². The van der Waals surface area contributed by atoms with Crippen molar-refractivity contribution in [2.75, 3.05) is 0 Å². The van der Waals surface area contributed by atoms with Crippen LogP contribution in [-0.2, 0) is 20.1 Å². The first kappa shape index (κ1) is 25.3. The van der Waals surface area contributed by atoms with Crippen molar-refractivity contribution >= 4 is 35.2 Å². The van der Waals surface area contributed by atoms with Crippen molar-refractivity contribution in [3.8, 4) is 22.5 Å². The Morgan fingerprint density at radius 3 is 2.46 bits per heavy atom. The third kappa shape index (κ3) is 6.73. The monoisotopic (exact) mass is 741 g/mol. The van der Waals surface area contributed by atoms with E-state index in [9.17, 15) is 4.39 Å². The average molecular weight is 741 g/mol. The average Bonchev–Trinajstić information content (AvgIpc) is 3.37. The maximum Gasteiger partial charge on any atom is 0.133 e. The van der Waals surface area contributed by atoms with Gasteiger partial charge in [0.2, 0.25) is 0 Å². The summed E-state index contributed by atoms with van der Waals surface area (Å²) >= 11 is 0. The van der Waals surface area contributed by atoms with E-state index in [1.807, 2.05) is 38.2 Å². The Labute approximate surface area is 261 Å². The first-order valence-electron chi connectivity index (χ1n) is 15.1. The Morgan fingerprint density at radius 2 is 1.80 bits per heavy atom. The molecule has 3 nitrogen and oxygen atoms in total. The number of furan rings is 1. The minimum absolute atomic E-state index is 0. The van der Waals surface area contributed by atoms with E-state index in [2.05, 4.69) is 47.8 Å². The molecule has 0 spiro atoms. The standard InChI is InChI=1S/C20H15FNO.C15H18NSi.Ir/c1-12(2)13-9-10-22-17(11-13)14-5-3-6-15-19-16(21)7-4-8-18(19)23-20(14)15;1-12-5-7-13(8-6-12)15-10-9-14(11-16-15)17(2,3)4;/h3-4,6-12H,1-2H3;5-7,9-11H,1-4H3;/q2*-1;/i12D;1D3;. The van der Waals surface area contributed by atoms with E-state index in [1.165, 1.54) is 17.3 Å². The van der Waals surface area contributed by atoms with Crippen LogP contribution in [0.4, 0.5) is 4.39 Å². The van der Waals surface area contributed by atoms with Gasteiger partial charge < -0.3 is 14.4 Å². The SMILES string of the molecule is [2H]C(C)(C)c1ccnc(-c2[c-]ccc3c2oc2cccc(F)c23)c1.[2H]C([2H])([2H])c1c[c-]c(-c2ccc([Si](C)(C)C)cn2)cc1.[Ir]. The van der Waals surface area contributed by atoms with Crippen molar-refractivity contribution in [1.82, 2.24) is 9.97 Å². The third-order valence-electron chi connectivity index (χ3n) is 6.72. The number of rotatable bonds is 4. The van der Waals surface area contributed by atoms with E-state index in [0.29, 0.717) is 38.8 Å². The van der Waals surface area contributed by atoms with E-state index in [4.69, 9.17) is 9.90 Å². The molecular weight excluding hydrogens is 704 g/mol. The maximum atomic E-state index is 14.2. The second kappa shape index (κ2) is 12.6. The van der Waals surface area contributed by atoms with Gasteiger partial charge in [-0.25, -0.2) is 4.39 Å². The molecule has 0 aliphatic heterocycles. The van der Waals surface area contributed by atoms with Gasteiger partial charge >= 0.3 is 0 Å². The van der Waals surface area contributed by atoms with Gasteiger partial charge in [0.25, 0.3) is 0 Å². The summed E-state index contributed by atoms with van der Waals surface area (Å²) < 4.78 is 50.3. The number of fused-ring (bicyclic) bond motifs is 3. The molecule has 0 N–H and O–H groups in total. The van der Waals surface area contributed by atoms with E-state index in [0.717, 1.165) is 16.8 Å². The van der Waals surface area contributed by atoms with Gasteiger partial charge in [-0.1, -0.05) is 81.1 Å². The Bertz CT molecular complexity index is 1870. The molecule has 3 aromatic heterocycles. The number of halogens is 1. The fraction of sp³-hybridized carbons (Fsp3) is 0.200. The van der Waals surface area contributed by atoms with Gasteiger partial charge in [-0.15, -0.1) is 53.6 Å². The topological polar surface area (TPSA) is 38.9 Å². The van der Waals surface area contributed by atoms with Crippen LogP contribution in [0.1, 0.15) is 36.4 Å². The van der Waals surface area contributed by atoms with E-state index >= 15 is 0 Å². The predicted octanol–water partition coefficient (Wildman–Crippen LogP) is 9.11. The molecule has 6 heteroatoms. The molecule has 0 bridgehead atoms. The Kier molecular flexibility index (Phi) is 7.77. The molecule has 0 atom stereocenters. The molecule has 0 aliphatic rings. The minimum Gasteiger partial charge on any atom is -0.500 e. The van der Waals surface area contributed by atoms with Crippen LogP contribution in [0.2, 0.25) is 19.6 Å². The van der Waals surface area contributed by atoms with Crippen LogP contribution in [0.5, 0.6) is 0 Å². The normalized spacial score (nSPS) is 13.3. The molecule has 0 aliphatic carbocycles. The maximum absolute atomic E-state index is 14.2. The molecule has 6 aromatic rings. The molecule has 0 saturated heterocycles. The van der Waals surface area contributed by atoms with E-state index < -0.39 is 20.8 Å². The van der Waals surface area contributed by atoms with Gasteiger partial charge in [-0.2, -0.15) is 0 Å². The third-order valence-corrected chi connectivity index (χ3v) is 8.75. The molecule has 211 valence electrons. The summed E-state index contributed by atoms with van der Waals surface area (Å²) in [6.45, 7) is 8.41. The number of hydrogen-bond donors (Lipinski definition) is 0. The van der Waals surface area contributed by atoms with Crippen LogP contribution in [0.15, 0.2) is 89.6 Å². The molecule has 0 unspecified atom stereocenters. The van der Waals surface area contributed by atoms with Gasteiger partial charge in [-0.05, 0) is 40.7 Å². The summed E-state index contributed by atoms with van der Waals surface area (Å²) in [5.41, 5.74) is 5.20. The second-order valence-electron chi connectivity index (χ2n) is 10.9. The second-order valence-corrected chi connectivity index (χ2v) is 16.0. The van der Waals surface area contributed by atoms with Crippen LogP contribution in [0, 0.1) is 24.8 Å². The number of pyridine rings is 2. The van der Waals surface area contributed by atoms with Crippen molar-refractivity contribution in [3.63, 3.8) is 0 Å². The molecule has 1 radical (unpaired) electrons. The Hall–Kier alpha value is -3.44. The molecule has 6 rings (SSSR count). The fourth-order valence-corrected chi connectivity index (χ4v) is 5.43. The van der Waals surface area contributed by atoms with Crippen molar-refractivity contribution in [3.05, 3.63) is 114 Å². The number of nitrogens with zero attached hydrogens (tertiary/aromatic N) is 2. The molecular formula is C35H33FIrN2OSi-2. The molecule has 0 fully saturated rings. The van der Waals surface area contributed by atoms with Crippen molar-refractivity contribution in [1.29, 1.82) is 0 Å². The summed E-state index contributed by atoms with van der Waals surface area (Å²) in [7, 11) is -1.34. The number of benzene rings is 3. The summed E-state index contributed by atoms with van der Waals surface area (Å²) in [6, 6.07) is 27.2. The number of aryl methyl sites for hydroxylation is 1. The summed E-state index contributed by atoms with van der Waals surface area (Å²) in [5, 5.41) is 2.48. The van der Waals surface area contributed by atoms with Gasteiger partial charge in [0.1, 0.15) is 11.4 Å². The predicted molar refractivity (Wildman–Crippen MR) is 166 cm³/mol. The fourth-order valence-electron chi connectivity index (χ4n) is 4.40. The summed E-state index contributed by atoms with van der Waals surface area (Å²) in [4.78, 5) is 8.87. The quantitative estimate of drug-likeness (QED) is 0.134.